The fraction of sp³-hybridized carbons (Fsp3) is 0.214. The van der Waals surface area contributed by atoms with Gasteiger partial charge in [0.1, 0.15) is 16.6 Å². The van der Waals surface area contributed by atoms with Crippen LogP contribution in [0.15, 0.2) is 11.0 Å². The molecule has 0 unspecified atom stereocenters. The van der Waals surface area contributed by atoms with Crippen LogP contribution in [-0.4, -0.2) is 37.4 Å². The maximum Gasteiger partial charge on any atom is 0.289 e. The van der Waals surface area contributed by atoms with Crippen LogP contribution in [0.2, 0.25) is 0 Å². The van der Waals surface area contributed by atoms with Crippen molar-refractivity contribution in [1.82, 2.24) is 10.6 Å². The molecule has 9 heteroatoms. The van der Waals surface area contributed by atoms with Gasteiger partial charge in [-0.25, -0.2) is 0 Å². The first-order valence-electron chi connectivity index (χ1n) is 6.48. The van der Waals surface area contributed by atoms with Crippen molar-refractivity contribution in [2.24, 2.45) is 0 Å². The van der Waals surface area contributed by atoms with Crippen molar-refractivity contribution in [1.29, 1.82) is 5.41 Å². The van der Waals surface area contributed by atoms with E-state index in [-0.39, 0.29) is 11.1 Å². The molecule has 0 aliphatic carbocycles. The average molecular weight is 351 g/mol. The lowest BCUT2D eigenvalue weighted by Crippen LogP contribution is -2.19. The summed E-state index contributed by atoms with van der Waals surface area (Å²) in [6, 6.07) is 1.66. The van der Waals surface area contributed by atoms with Crippen molar-refractivity contribution in [2.45, 2.75) is 0 Å². The third-order valence-corrected chi connectivity index (χ3v) is 4.78. The third-order valence-electron chi connectivity index (χ3n) is 3.45. The monoisotopic (exact) mass is 351 g/mol. The highest BCUT2D eigenvalue weighted by atomic mass is 32.2. The van der Waals surface area contributed by atoms with Crippen molar-refractivity contribution < 1.29 is 19.0 Å². The van der Waals surface area contributed by atoms with Gasteiger partial charge >= 0.3 is 0 Å². The fourth-order valence-corrected chi connectivity index (χ4v) is 3.64. The minimum absolute atomic E-state index is 0.142. The average Bonchev–Trinajstić information content (AvgIpc) is 3.05. The zero-order valence-electron chi connectivity index (χ0n) is 12.5. The maximum atomic E-state index is 11.6. The van der Waals surface area contributed by atoms with Crippen molar-refractivity contribution in [3.63, 3.8) is 0 Å². The molecule has 2 aliphatic rings. The second-order valence-corrected chi connectivity index (χ2v) is 6.00. The molecule has 0 radical (unpaired) electrons. The van der Waals surface area contributed by atoms with Crippen LogP contribution in [0.25, 0.3) is 5.70 Å². The van der Waals surface area contributed by atoms with Gasteiger partial charge in [0.25, 0.3) is 5.24 Å². The van der Waals surface area contributed by atoms with Gasteiger partial charge in [0.05, 0.1) is 43.1 Å². The summed E-state index contributed by atoms with van der Waals surface area (Å²) in [6.07, 6.45) is 0. The van der Waals surface area contributed by atoms with E-state index in [0.29, 0.717) is 44.0 Å². The first-order valence-corrected chi connectivity index (χ1v) is 7.71. The van der Waals surface area contributed by atoms with Crippen LogP contribution in [0, 0.1) is 5.41 Å². The first kappa shape index (κ1) is 15.6. The summed E-state index contributed by atoms with van der Waals surface area (Å²) in [4.78, 5) is 12.4. The van der Waals surface area contributed by atoms with Gasteiger partial charge in [0, 0.05) is 6.07 Å². The zero-order chi connectivity index (χ0) is 16.7. The maximum absolute atomic E-state index is 11.6. The minimum Gasteiger partial charge on any atom is -0.496 e. The van der Waals surface area contributed by atoms with Gasteiger partial charge in [0.15, 0.2) is 11.5 Å². The smallest absolute Gasteiger partial charge is 0.289 e. The number of amides is 1. The van der Waals surface area contributed by atoms with Gasteiger partial charge in [-0.3, -0.25) is 10.2 Å². The second-order valence-electron chi connectivity index (χ2n) is 4.61. The van der Waals surface area contributed by atoms with Gasteiger partial charge in [-0.05, 0) is 11.8 Å². The van der Waals surface area contributed by atoms with E-state index in [1.54, 1.807) is 6.07 Å². The summed E-state index contributed by atoms with van der Waals surface area (Å²) in [5, 5.41) is 13.5. The number of fused-ring (bicyclic) bond motifs is 1. The molecule has 23 heavy (non-hydrogen) atoms. The molecule has 1 amide bonds. The molecule has 1 saturated heterocycles. The van der Waals surface area contributed by atoms with Crippen molar-refractivity contribution >= 4 is 45.7 Å². The SMILES string of the molecule is COc1cc(OC)c2c(c1OC)C(=C1SC(=O)NC1=S)NC2=N. The van der Waals surface area contributed by atoms with Gasteiger partial charge in [-0.2, -0.15) is 0 Å². The number of carbonyl (C=O) groups excluding carboxylic acids is 1. The van der Waals surface area contributed by atoms with E-state index in [4.69, 9.17) is 31.8 Å². The molecule has 2 aliphatic heterocycles. The number of thioether (sulfide) groups is 1. The predicted molar refractivity (Wildman–Crippen MR) is 91.7 cm³/mol. The van der Waals surface area contributed by atoms with E-state index in [2.05, 4.69) is 10.6 Å². The molecule has 1 aromatic carbocycles. The molecule has 0 aromatic heterocycles. The molecule has 1 aromatic rings. The van der Waals surface area contributed by atoms with Crippen LogP contribution in [0.1, 0.15) is 11.1 Å². The zero-order valence-corrected chi connectivity index (χ0v) is 14.2. The minimum atomic E-state index is -0.256. The molecule has 0 atom stereocenters. The molecule has 0 saturated carbocycles. The molecule has 3 N–H and O–H groups in total. The van der Waals surface area contributed by atoms with E-state index in [1.165, 1.54) is 21.3 Å². The number of benzene rings is 1. The van der Waals surface area contributed by atoms with Crippen LogP contribution in [0.4, 0.5) is 4.79 Å². The molecule has 2 heterocycles. The van der Waals surface area contributed by atoms with Crippen LogP contribution in [0.3, 0.4) is 0 Å². The standard InChI is InChI=1S/C14H13N3O4S2/c1-19-5-4-6(20-2)10(21-3)8-7(5)12(15)16-9(8)11-13(22)17-14(18)23-11/h4H,1-3H3,(H2,15,16)(H,17,18,22). The number of hydrogen-bond acceptors (Lipinski definition) is 7. The molecule has 1 fully saturated rings. The number of carbonyl (C=O) groups is 1. The van der Waals surface area contributed by atoms with Crippen molar-refractivity contribution in [3.8, 4) is 17.2 Å². The lowest BCUT2D eigenvalue weighted by atomic mass is 10.0. The lowest BCUT2D eigenvalue weighted by Gasteiger charge is -2.15. The van der Waals surface area contributed by atoms with E-state index >= 15 is 0 Å². The highest BCUT2D eigenvalue weighted by Gasteiger charge is 2.36. The Morgan fingerprint density at radius 3 is 2.30 bits per heavy atom. The Bertz CT molecular complexity index is 789. The Hall–Kier alpha value is -2.26. The van der Waals surface area contributed by atoms with Crippen LogP contribution < -0.4 is 24.8 Å². The largest absolute Gasteiger partial charge is 0.496 e. The second kappa shape index (κ2) is 5.74. The van der Waals surface area contributed by atoms with Gasteiger partial charge in [0.2, 0.25) is 0 Å². The molecule has 0 spiro atoms. The van der Waals surface area contributed by atoms with Gasteiger partial charge < -0.3 is 24.8 Å². The van der Waals surface area contributed by atoms with Crippen LogP contribution >= 0.6 is 24.0 Å². The molecular weight excluding hydrogens is 338 g/mol. The van der Waals surface area contributed by atoms with Crippen molar-refractivity contribution in [3.05, 3.63) is 22.1 Å². The highest BCUT2D eigenvalue weighted by molar-refractivity contribution is 8.19. The number of nitrogens with one attached hydrogen (secondary N) is 3. The quantitative estimate of drug-likeness (QED) is 0.567. The van der Waals surface area contributed by atoms with Gasteiger partial charge in [-0.15, -0.1) is 0 Å². The van der Waals surface area contributed by atoms with E-state index in [0.717, 1.165) is 11.8 Å². The number of amidine groups is 1. The van der Waals surface area contributed by atoms with E-state index < -0.39 is 0 Å². The topological polar surface area (TPSA) is 92.7 Å². The summed E-state index contributed by atoms with van der Waals surface area (Å²) in [6.45, 7) is 0. The fourth-order valence-electron chi connectivity index (χ4n) is 2.52. The lowest BCUT2D eigenvalue weighted by molar-refractivity contribution is 0.265. The number of ether oxygens (including phenoxy) is 3. The summed E-state index contributed by atoms with van der Waals surface area (Å²) >= 11 is 6.17. The van der Waals surface area contributed by atoms with E-state index in [9.17, 15) is 4.79 Å². The molecule has 3 rings (SSSR count). The molecule has 7 nitrogen and oxygen atoms in total. The Morgan fingerprint density at radius 1 is 1.09 bits per heavy atom. The van der Waals surface area contributed by atoms with Crippen LogP contribution in [-0.2, 0) is 0 Å². The summed E-state index contributed by atoms with van der Waals surface area (Å²) in [7, 11) is 4.54. The summed E-state index contributed by atoms with van der Waals surface area (Å²) in [5.41, 5.74) is 1.66. The third kappa shape index (κ3) is 2.32. The Kier molecular flexibility index (Phi) is 3.90. The predicted octanol–water partition coefficient (Wildman–Crippen LogP) is 2.09. The normalized spacial score (nSPS) is 19.3. The first-order chi connectivity index (χ1) is 11.0. The van der Waals surface area contributed by atoms with Gasteiger partial charge in [-0.1, -0.05) is 12.2 Å². The van der Waals surface area contributed by atoms with Crippen LogP contribution in [0.5, 0.6) is 17.2 Å². The molecule has 0 bridgehead atoms. The summed E-state index contributed by atoms with van der Waals surface area (Å²) in [5.74, 6) is 1.52. The Balaban J connectivity index is 2.35. The highest BCUT2D eigenvalue weighted by Crippen LogP contribution is 2.47. The Labute approximate surface area is 141 Å². The summed E-state index contributed by atoms with van der Waals surface area (Å²) < 4.78 is 16.2. The Morgan fingerprint density at radius 2 is 1.78 bits per heavy atom. The number of thiocarbonyl (C=S) groups is 1. The van der Waals surface area contributed by atoms with E-state index in [1.807, 2.05) is 0 Å². The number of methoxy groups -OCH3 is 3. The molecule has 120 valence electrons. The van der Waals surface area contributed by atoms with Crippen molar-refractivity contribution in [2.75, 3.05) is 21.3 Å². The molecular formula is C14H13N3O4S2. The number of hydrogen-bond donors (Lipinski definition) is 3. The number of rotatable bonds is 3.